The minimum absolute atomic E-state index is 0.0775. The number of alkyl halides is 5. The molecule has 6 rings (SSSR count). The second-order valence-electron chi connectivity index (χ2n) is 11.7. The molecule has 1 aliphatic carbocycles. The van der Waals surface area contributed by atoms with Gasteiger partial charge in [0.15, 0.2) is 0 Å². The summed E-state index contributed by atoms with van der Waals surface area (Å²) >= 11 is 0. The van der Waals surface area contributed by atoms with Crippen LogP contribution in [0.2, 0.25) is 0 Å². The molecular formula is C32H26F6N4O5. The molecule has 4 N–H and O–H groups in total. The zero-order valence-corrected chi connectivity index (χ0v) is 24.5. The van der Waals surface area contributed by atoms with E-state index in [1.165, 1.54) is 31.2 Å². The first-order chi connectivity index (χ1) is 22.1. The van der Waals surface area contributed by atoms with E-state index in [9.17, 15) is 41.0 Å². The summed E-state index contributed by atoms with van der Waals surface area (Å²) in [6, 6.07) is 8.88. The van der Waals surface area contributed by atoms with Crippen molar-refractivity contribution in [1.29, 1.82) is 0 Å². The molecule has 2 atom stereocenters. The zero-order valence-electron chi connectivity index (χ0n) is 24.5. The molecular weight excluding hydrogens is 634 g/mol. The number of fused-ring (bicyclic) bond motifs is 2. The molecule has 1 fully saturated rings. The molecule has 0 bridgehead atoms. The topological polar surface area (TPSA) is 137 Å². The lowest BCUT2D eigenvalue weighted by molar-refractivity contribution is -0.265. The number of primary amides is 1. The highest BCUT2D eigenvalue weighted by atomic mass is 19.4. The molecule has 0 spiro atoms. The lowest BCUT2D eigenvalue weighted by atomic mass is 9.81. The monoisotopic (exact) mass is 660 g/mol. The number of rotatable bonds is 9. The Bertz CT molecular complexity index is 1900. The van der Waals surface area contributed by atoms with Crippen LogP contribution in [0.5, 0.6) is 11.5 Å². The molecule has 0 saturated heterocycles. The number of aliphatic hydroxyl groups is 1. The van der Waals surface area contributed by atoms with E-state index in [1.54, 1.807) is 0 Å². The maximum Gasteiger partial charge on any atom is 0.424 e. The van der Waals surface area contributed by atoms with Gasteiger partial charge in [-0.15, -0.1) is 0 Å². The highest BCUT2D eigenvalue weighted by molar-refractivity contribution is 6.00. The molecule has 3 heterocycles. The van der Waals surface area contributed by atoms with Crippen molar-refractivity contribution in [3.63, 3.8) is 0 Å². The van der Waals surface area contributed by atoms with Crippen LogP contribution in [-0.2, 0) is 15.8 Å². The molecule has 1 saturated carbocycles. The average molecular weight is 661 g/mol. The molecule has 2 aromatic heterocycles. The molecule has 2 aromatic carbocycles. The van der Waals surface area contributed by atoms with Crippen LogP contribution < -0.4 is 20.5 Å². The van der Waals surface area contributed by atoms with Crippen LogP contribution in [0.1, 0.15) is 53.4 Å². The smallest absolute Gasteiger partial charge is 0.424 e. The summed E-state index contributed by atoms with van der Waals surface area (Å²) in [5, 5.41) is 13.4. The first-order valence-corrected chi connectivity index (χ1v) is 14.3. The van der Waals surface area contributed by atoms with Gasteiger partial charge in [0, 0.05) is 33.8 Å². The first-order valence-electron chi connectivity index (χ1n) is 14.3. The van der Waals surface area contributed by atoms with Crippen LogP contribution >= 0.6 is 0 Å². The maximum atomic E-state index is 14.8. The Morgan fingerprint density at radius 3 is 2.47 bits per heavy atom. The molecule has 2 aliphatic rings. The Kier molecular flexibility index (Phi) is 7.77. The molecule has 9 nitrogen and oxygen atoms in total. The van der Waals surface area contributed by atoms with E-state index in [0.717, 1.165) is 30.5 Å². The lowest BCUT2D eigenvalue weighted by Crippen LogP contribution is -2.51. The van der Waals surface area contributed by atoms with Gasteiger partial charge in [0.2, 0.25) is 11.5 Å². The summed E-state index contributed by atoms with van der Waals surface area (Å²) < 4.78 is 96.2. The molecule has 1 aliphatic heterocycles. The van der Waals surface area contributed by atoms with Gasteiger partial charge >= 0.3 is 6.18 Å². The van der Waals surface area contributed by atoms with Gasteiger partial charge in [0.05, 0.1) is 18.3 Å². The summed E-state index contributed by atoms with van der Waals surface area (Å²) in [4.78, 5) is 33.8. The van der Waals surface area contributed by atoms with Crippen LogP contribution in [0.4, 0.5) is 26.3 Å². The van der Waals surface area contributed by atoms with Gasteiger partial charge in [-0.25, -0.2) is 18.2 Å². The largest absolute Gasteiger partial charge is 0.489 e. The number of nitrogens with one attached hydrogen (secondary N) is 1. The van der Waals surface area contributed by atoms with Crippen molar-refractivity contribution in [2.45, 2.75) is 49.5 Å². The van der Waals surface area contributed by atoms with E-state index < -0.39 is 59.1 Å². The third kappa shape index (κ3) is 5.79. The molecule has 246 valence electrons. The van der Waals surface area contributed by atoms with Crippen molar-refractivity contribution in [3.8, 4) is 22.8 Å². The van der Waals surface area contributed by atoms with Crippen molar-refractivity contribution in [1.82, 2.24) is 15.3 Å². The number of carbonyl (C=O) groups is 2. The fourth-order valence-electron chi connectivity index (χ4n) is 5.19. The van der Waals surface area contributed by atoms with Gasteiger partial charge in [0.25, 0.3) is 12.3 Å². The van der Waals surface area contributed by atoms with Gasteiger partial charge in [-0.1, -0.05) is 0 Å². The Morgan fingerprint density at radius 1 is 1.15 bits per heavy atom. The SMILES string of the molecule is CC1(C(N)=O)COc2c1cc(C(O)(CNC(=O)c1cc(OC3CC3)c3ncc(C(F)F)cc3c1)C(F)(F)F)nc2-c1ccc(F)cc1. The lowest BCUT2D eigenvalue weighted by Gasteiger charge is -2.31. The van der Waals surface area contributed by atoms with Gasteiger partial charge in [-0.2, -0.15) is 13.2 Å². The van der Waals surface area contributed by atoms with Crippen molar-refractivity contribution in [2.24, 2.45) is 5.73 Å². The van der Waals surface area contributed by atoms with Crippen LogP contribution in [-0.4, -0.2) is 52.3 Å². The molecule has 47 heavy (non-hydrogen) atoms. The second kappa shape index (κ2) is 11.4. The summed E-state index contributed by atoms with van der Waals surface area (Å²) in [5.74, 6) is -2.65. The van der Waals surface area contributed by atoms with Crippen molar-refractivity contribution in [2.75, 3.05) is 13.2 Å². The third-order valence-electron chi connectivity index (χ3n) is 8.23. The highest BCUT2D eigenvalue weighted by Gasteiger charge is 2.57. The number of nitrogens with zero attached hydrogens (tertiary/aromatic N) is 2. The summed E-state index contributed by atoms with van der Waals surface area (Å²) in [7, 11) is 0. The summed E-state index contributed by atoms with van der Waals surface area (Å²) in [6.07, 6.45) is -6.13. The minimum Gasteiger partial charge on any atom is -0.489 e. The number of aromatic nitrogens is 2. The van der Waals surface area contributed by atoms with Gasteiger partial charge in [-0.3, -0.25) is 14.6 Å². The van der Waals surface area contributed by atoms with E-state index in [0.29, 0.717) is 12.8 Å². The van der Waals surface area contributed by atoms with E-state index in [1.807, 2.05) is 0 Å². The zero-order chi connectivity index (χ0) is 33.9. The fraction of sp³-hybridized carbons (Fsp3) is 0.312. The maximum absolute atomic E-state index is 14.8. The number of nitrogens with two attached hydrogens (primary N) is 1. The van der Waals surface area contributed by atoms with Gasteiger partial charge in [0.1, 0.15) is 40.5 Å². The van der Waals surface area contributed by atoms with E-state index >= 15 is 0 Å². The molecule has 2 unspecified atom stereocenters. The number of benzene rings is 2. The van der Waals surface area contributed by atoms with Crippen molar-refractivity contribution in [3.05, 3.63) is 82.9 Å². The van der Waals surface area contributed by atoms with Gasteiger partial charge < -0.3 is 25.6 Å². The number of ether oxygens (including phenoxy) is 2. The number of hydrogen-bond donors (Lipinski definition) is 3. The Morgan fingerprint density at radius 2 is 1.85 bits per heavy atom. The van der Waals surface area contributed by atoms with Crippen LogP contribution in [0.3, 0.4) is 0 Å². The number of carbonyl (C=O) groups excluding carboxylic acids is 2. The predicted octanol–water partition coefficient (Wildman–Crippen LogP) is 5.23. The fourth-order valence-corrected chi connectivity index (χ4v) is 5.19. The standard InChI is InChI=1S/C32H26F6N4O5/c1-30(29(39)44)14-46-26-21(30)11-23(42-25(26)15-2-4-19(33)5-3-15)31(45,32(36,37)38)13-41-28(43)17-8-16-9-18(27(34)35)12-40-24(16)22(10-17)47-20-6-7-20/h2-5,8-12,20,27,45H,6-7,13-14H2,1H3,(H2,39,44)(H,41,43). The van der Waals surface area contributed by atoms with Crippen molar-refractivity contribution >= 4 is 22.7 Å². The highest BCUT2D eigenvalue weighted by Crippen LogP contribution is 2.48. The average Bonchev–Trinajstić information content (AvgIpc) is 3.78. The predicted molar refractivity (Wildman–Crippen MR) is 154 cm³/mol. The molecule has 4 aromatic rings. The van der Waals surface area contributed by atoms with E-state index in [-0.39, 0.29) is 57.5 Å². The Labute approximate surface area is 262 Å². The summed E-state index contributed by atoms with van der Waals surface area (Å²) in [6.45, 7) is -0.443. The number of pyridine rings is 2. The minimum atomic E-state index is -5.44. The van der Waals surface area contributed by atoms with Crippen LogP contribution in [0.25, 0.3) is 22.2 Å². The van der Waals surface area contributed by atoms with Gasteiger partial charge in [-0.05, 0) is 68.3 Å². The first kappa shape index (κ1) is 32.0. The Balaban J connectivity index is 1.40. The van der Waals surface area contributed by atoms with Crippen LogP contribution in [0.15, 0.2) is 54.7 Å². The van der Waals surface area contributed by atoms with Crippen molar-refractivity contribution < 1.29 is 50.5 Å². The van der Waals surface area contributed by atoms with Crippen LogP contribution in [0, 0.1) is 5.82 Å². The second-order valence-corrected chi connectivity index (χ2v) is 11.7. The third-order valence-corrected chi connectivity index (χ3v) is 8.23. The normalized spacial score (nSPS) is 18.8. The summed E-state index contributed by atoms with van der Waals surface area (Å²) in [5.41, 5.74) is -1.57. The van der Waals surface area contributed by atoms with E-state index in [2.05, 4.69) is 15.3 Å². The number of halogens is 6. The number of amides is 2. The molecule has 0 radical (unpaired) electrons. The molecule has 15 heteroatoms. The number of hydrogen-bond acceptors (Lipinski definition) is 7. The van der Waals surface area contributed by atoms with E-state index in [4.69, 9.17) is 15.2 Å². The molecule has 2 amide bonds. The Hall–Kier alpha value is -4.92. The quantitative estimate of drug-likeness (QED) is 0.209.